The number of pyridine rings is 1. The van der Waals surface area contributed by atoms with Gasteiger partial charge in [-0.1, -0.05) is 6.07 Å². The minimum atomic E-state index is 0.488. The van der Waals surface area contributed by atoms with Crippen LogP contribution in [-0.4, -0.2) is 36.6 Å². The monoisotopic (exact) mass is 207 g/mol. The lowest BCUT2D eigenvalue weighted by molar-refractivity contribution is 0.348. The van der Waals surface area contributed by atoms with Crippen molar-refractivity contribution in [2.75, 3.05) is 20.6 Å². The van der Waals surface area contributed by atoms with Gasteiger partial charge in [0.05, 0.1) is 5.69 Å². The molecule has 1 N–H and O–H groups in total. The predicted octanol–water partition coefficient (Wildman–Crippen LogP) is 1.43. The molecule has 0 saturated carbocycles. The van der Waals surface area contributed by atoms with Crippen molar-refractivity contribution in [3.8, 4) is 0 Å². The van der Waals surface area contributed by atoms with Crippen molar-refractivity contribution in [3.05, 3.63) is 29.6 Å². The maximum absolute atomic E-state index is 4.45. The van der Waals surface area contributed by atoms with E-state index in [1.807, 2.05) is 13.0 Å². The molecule has 0 amide bonds. The van der Waals surface area contributed by atoms with Crippen LogP contribution in [0.2, 0.25) is 0 Å². The van der Waals surface area contributed by atoms with Gasteiger partial charge in [0.15, 0.2) is 0 Å². The van der Waals surface area contributed by atoms with Crippen LogP contribution in [0.15, 0.2) is 18.2 Å². The standard InChI is InChI=1S/C12H21N3/c1-10-6-5-7-12(14-10)8-13-11(2)9-15(3)4/h5-7,11,13H,8-9H2,1-4H3. The molecule has 0 saturated heterocycles. The molecule has 0 aromatic carbocycles. The summed E-state index contributed by atoms with van der Waals surface area (Å²) >= 11 is 0. The smallest absolute Gasteiger partial charge is 0.0544 e. The molecular formula is C12H21N3. The lowest BCUT2D eigenvalue weighted by atomic mass is 10.2. The van der Waals surface area contributed by atoms with Crippen LogP contribution in [0.1, 0.15) is 18.3 Å². The first-order valence-corrected chi connectivity index (χ1v) is 5.38. The Hall–Kier alpha value is -0.930. The van der Waals surface area contributed by atoms with E-state index < -0.39 is 0 Å². The van der Waals surface area contributed by atoms with Gasteiger partial charge in [-0.25, -0.2) is 0 Å². The van der Waals surface area contributed by atoms with Gasteiger partial charge >= 0.3 is 0 Å². The summed E-state index contributed by atoms with van der Waals surface area (Å²) in [6.07, 6.45) is 0. The van der Waals surface area contributed by atoms with E-state index in [0.29, 0.717) is 6.04 Å². The van der Waals surface area contributed by atoms with Gasteiger partial charge in [-0.15, -0.1) is 0 Å². The summed E-state index contributed by atoms with van der Waals surface area (Å²) < 4.78 is 0. The molecule has 0 aliphatic rings. The summed E-state index contributed by atoms with van der Waals surface area (Å²) in [6, 6.07) is 6.62. The van der Waals surface area contributed by atoms with Gasteiger partial charge in [0.1, 0.15) is 0 Å². The minimum Gasteiger partial charge on any atom is -0.308 e. The average molecular weight is 207 g/mol. The molecule has 0 bridgehead atoms. The van der Waals surface area contributed by atoms with Gasteiger partial charge in [-0.05, 0) is 40.1 Å². The summed E-state index contributed by atoms with van der Waals surface area (Å²) in [5.41, 5.74) is 2.19. The molecule has 0 aliphatic carbocycles. The summed E-state index contributed by atoms with van der Waals surface area (Å²) in [7, 11) is 4.17. The number of nitrogens with one attached hydrogen (secondary N) is 1. The second kappa shape index (κ2) is 5.83. The number of aryl methyl sites for hydroxylation is 1. The minimum absolute atomic E-state index is 0.488. The van der Waals surface area contributed by atoms with Crippen LogP contribution in [0.5, 0.6) is 0 Å². The van der Waals surface area contributed by atoms with Crippen LogP contribution in [0.25, 0.3) is 0 Å². The molecular weight excluding hydrogens is 186 g/mol. The topological polar surface area (TPSA) is 28.2 Å². The van der Waals surface area contributed by atoms with Crippen molar-refractivity contribution in [3.63, 3.8) is 0 Å². The molecule has 1 atom stereocenters. The normalized spacial score (nSPS) is 13.1. The van der Waals surface area contributed by atoms with Crippen molar-refractivity contribution in [1.29, 1.82) is 0 Å². The highest BCUT2D eigenvalue weighted by Gasteiger charge is 2.02. The van der Waals surface area contributed by atoms with Crippen LogP contribution in [0, 0.1) is 6.92 Å². The molecule has 3 nitrogen and oxygen atoms in total. The molecule has 0 fully saturated rings. The number of rotatable bonds is 5. The Balaban J connectivity index is 2.36. The van der Waals surface area contributed by atoms with Crippen molar-refractivity contribution in [2.45, 2.75) is 26.4 Å². The first-order valence-electron chi connectivity index (χ1n) is 5.38. The molecule has 84 valence electrons. The average Bonchev–Trinajstić information content (AvgIpc) is 2.14. The van der Waals surface area contributed by atoms with E-state index in [1.165, 1.54) is 0 Å². The van der Waals surface area contributed by atoms with Crippen molar-refractivity contribution in [2.24, 2.45) is 0 Å². The highest BCUT2D eigenvalue weighted by Crippen LogP contribution is 1.98. The second-order valence-corrected chi connectivity index (χ2v) is 4.31. The van der Waals surface area contributed by atoms with Gasteiger partial charge in [0, 0.05) is 24.8 Å². The molecule has 0 spiro atoms. The van der Waals surface area contributed by atoms with E-state index in [4.69, 9.17) is 0 Å². The zero-order valence-electron chi connectivity index (χ0n) is 10.1. The van der Waals surface area contributed by atoms with E-state index >= 15 is 0 Å². The first kappa shape index (κ1) is 12.1. The number of likely N-dealkylation sites (N-methyl/N-ethyl adjacent to an activating group) is 1. The maximum atomic E-state index is 4.45. The fourth-order valence-electron chi connectivity index (χ4n) is 1.59. The van der Waals surface area contributed by atoms with Gasteiger partial charge in [0.25, 0.3) is 0 Å². The number of hydrogen-bond acceptors (Lipinski definition) is 3. The lowest BCUT2D eigenvalue weighted by Gasteiger charge is -2.18. The molecule has 1 unspecified atom stereocenters. The van der Waals surface area contributed by atoms with E-state index in [-0.39, 0.29) is 0 Å². The van der Waals surface area contributed by atoms with Crippen LogP contribution < -0.4 is 5.32 Å². The molecule has 15 heavy (non-hydrogen) atoms. The maximum Gasteiger partial charge on any atom is 0.0544 e. The first-order chi connectivity index (χ1) is 7.08. The molecule has 1 aromatic rings. The lowest BCUT2D eigenvalue weighted by Crippen LogP contribution is -2.35. The van der Waals surface area contributed by atoms with E-state index in [1.54, 1.807) is 0 Å². The summed E-state index contributed by atoms with van der Waals surface area (Å²) in [6.45, 7) is 6.10. The molecule has 1 rings (SSSR count). The highest BCUT2D eigenvalue weighted by molar-refractivity contribution is 5.09. The van der Waals surface area contributed by atoms with Crippen LogP contribution in [0.3, 0.4) is 0 Å². The molecule has 1 aromatic heterocycles. The van der Waals surface area contributed by atoms with E-state index in [0.717, 1.165) is 24.5 Å². The fourth-order valence-corrected chi connectivity index (χ4v) is 1.59. The number of nitrogens with zero attached hydrogens (tertiary/aromatic N) is 2. The predicted molar refractivity (Wildman–Crippen MR) is 63.8 cm³/mol. The van der Waals surface area contributed by atoms with E-state index in [2.05, 4.69) is 48.4 Å². The van der Waals surface area contributed by atoms with Gasteiger partial charge < -0.3 is 10.2 Å². The number of hydrogen-bond donors (Lipinski definition) is 1. The van der Waals surface area contributed by atoms with Crippen molar-refractivity contribution in [1.82, 2.24) is 15.2 Å². The summed E-state index contributed by atoms with van der Waals surface area (Å²) in [4.78, 5) is 6.63. The van der Waals surface area contributed by atoms with Crippen molar-refractivity contribution >= 4 is 0 Å². The molecule has 0 radical (unpaired) electrons. The third-order valence-corrected chi connectivity index (χ3v) is 2.22. The molecule has 3 heteroatoms. The SMILES string of the molecule is Cc1cccc(CNC(C)CN(C)C)n1. The van der Waals surface area contributed by atoms with Crippen molar-refractivity contribution < 1.29 is 0 Å². The van der Waals surface area contributed by atoms with Crippen LogP contribution in [-0.2, 0) is 6.54 Å². The Morgan fingerprint density at radius 1 is 1.40 bits per heavy atom. The second-order valence-electron chi connectivity index (χ2n) is 4.31. The summed E-state index contributed by atoms with van der Waals surface area (Å²) in [5, 5.41) is 3.45. The van der Waals surface area contributed by atoms with Gasteiger partial charge in [-0.2, -0.15) is 0 Å². The Morgan fingerprint density at radius 3 is 2.73 bits per heavy atom. The molecule has 0 aliphatic heterocycles. The molecule has 1 heterocycles. The largest absolute Gasteiger partial charge is 0.308 e. The fraction of sp³-hybridized carbons (Fsp3) is 0.583. The Bertz CT molecular complexity index is 297. The van der Waals surface area contributed by atoms with Gasteiger partial charge in [0.2, 0.25) is 0 Å². The van der Waals surface area contributed by atoms with Gasteiger partial charge in [-0.3, -0.25) is 4.98 Å². The highest BCUT2D eigenvalue weighted by atomic mass is 15.1. The Kier molecular flexibility index (Phi) is 4.72. The quantitative estimate of drug-likeness (QED) is 0.791. The zero-order chi connectivity index (χ0) is 11.3. The third kappa shape index (κ3) is 4.91. The third-order valence-electron chi connectivity index (χ3n) is 2.22. The summed E-state index contributed by atoms with van der Waals surface area (Å²) in [5.74, 6) is 0. The zero-order valence-corrected chi connectivity index (χ0v) is 10.1. The van der Waals surface area contributed by atoms with Crippen LogP contribution in [0.4, 0.5) is 0 Å². The Labute approximate surface area is 92.5 Å². The Morgan fingerprint density at radius 2 is 2.13 bits per heavy atom. The van der Waals surface area contributed by atoms with E-state index in [9.17, 15) is 0 Å². The van der Waals surface area contributed by atoms with Crippen LogP contribution >= 0.6 is 0 Å². The number of aromatic nitrogens is 1.